The van der Waals surface area contributed by atoms with E-state index >= 15 is 0 Å². The number of carbonyl (C=O) groups is 1. The van der Waals surface area contributed by atoms with Crippen LogP contribution in [0.3, 0.4) is 0 Å². The van der Waals surface area contributed by atoms with Crippen LogP contribution >= 0.6 is 0 Å². The average Bonchev–Trinajstić information content (AvgIpc) is 3.26. The lowest BCUT2D eigenvalue weighted by molar-refractivity contribution is -0.121. The summed E-state index contributed by atoms with van der Waals surface area (Å²) in [6, 6.07) is 3.96. The molecule has 0 bridgehead atoms. The van der Waals surface area contributed by atoms with Crippen molar-refractivity contribution >= 4 is 5.91 Å². The van der Waals surface area contributed by atoms with E-state index in [1.54, 1.807) is 11.0 Å². The molecule has 3 heterocycles. The molecule has 0 aliphatic carbocycles. The van der Waals surface area contributed by atoms with Gasteiger partial charge in [-0.1, -0.05) is 0 Å². The van der Waals surface area contributed by atoms with Crippen LogP contribution in [-0.4, -0.2) is 58.4 Å². The first kappa shape index (κ1) is 16.7. The smallest absolute Gasteiger partial charge is 0.221 e. The van der Waals surface area contributed by atoms with Crippen LogP contribution in [-0.2, 0) is 16.1 Å². The van der Waals surface area contributed by atoms with E-state index in [2.05, 4.69) is 20.3 Å². The Hall–Kier alpha value is -2.19. The van der Waals surface area contributed by atoms with Crippen molar-refractivity contribution in [2.45, 2.75) is 25.9 Å². The van der Waals surface area contributed by atoms with Gasteiger partial charge in [0.15, 0.2) is 0 Å². The molecule has 1 aliphatic rings. The number of hydrogen-bond donors (Lipinski definition) is 1. The Kier molecular flexibility index (Phi) is 5.60. The summed E-state index contributed by atoms with van der Waals surface area (Å²) >= 11 is 0. The van der Waals surface area contributed by atoms with Crippen molar-refractivity contribution in [3.63, 3.8) is 0 Å². The molecule has 8 nitrogen and oxygen atoms in total. The molecule has 130 valence electrons. The number of morpholine rings is 1. The lowest BCUT2D eigenvalue weighted by Gasteiger charge is -2.33. The number of furan rings is 1. The van der Waals surface area contributed by atoms with Crippen molar-refractivity contribution in [2.24, 2.45) is 0 Å². The van der Waals surface area contributed by atoms with E-state index < -0.39 is 0 Å². The third-order valence-corrected chi connectivity index (χ3v) is 4.10. The second-order valence-corrected chi connectivity index (χ2v) is 5.83. The molecule has 3 rings (SSSR count). The van der Waals surface area contributed by atoms with E-state index in [9.17, 15) is 4.79 Å². The minimum atomic E-state index is -0.00737. The fourth-order valence-electron chi connectivity index (χ4n) is 2.79. The van der Waals surface area contributed by atoms with Gasteiger partial charge in [0.05, 0.1) is 25.8 Å². The van der Waals surface area contributed by atoms with Crippen LogP contribution in [0.1, 0.15) is 24.0 Å². The Morgan fingerprint density at radius 3 is 2.88 bits per heavy atom. The van der Waals surface area contributed by atoms with Crippen molar-refractivity contribution in [1.29, 1.82) is 0 Å². The summed E-state index contributed by atoms with van der Waals surface area (Å²) in [7, 11) is 0. The van der Waals surface area contributed by atoms with Crippen molar-refractivity contribution in [2.75, 3.05) is 32.8 Å². The monoisotopic (exact) mass is 333 g/mol. The Labute approximate surface area is 140 Å². The fraction of sp³-hybridized carbons (Fsp3) is 0.562. The second kappa shape index (κ2) is 8.07. The highest BCUT2D eigenvalue weighted by atomic mass is 16.5. The minimum absolute atomic E-state index is 0.00737. The van der Waals surface area contributed by atoms with Crippen LogP contribution in [0.15, 0.2) is 29.2 Å². The van der Waals surface area contributed by atoms with Gasteiger partial charge in [0.25, 0.3) is 0 Å². The van der Waals surface area contributed by atoms with Gasteiger partial charge in [0, 0.05) is 26.1 Å². The minimum Gasteiger partial charge on any atom is -0.465 e. The molecular weight excluding hydrogens is 310 g/mol. The Bertz CT molecular complexity index is 634. The normalized spacial score (nSPS) is 16.9. The first-order chi connectivity index (χ1) is 11.7. The zero-order valence-corrected chi connectivity index (χ0v) is 13.9. The summed E-state index contributed by atoms with van der Waals surface area (Å²) in [6.07, 6.45) is 3.44. The predicted molar refractivity (Wildman–Crippen MR) is 86.2 cm³/mol. The SMILES string of the molecule is Cc1ccc(C(CNC(=O)CCn2cncn2)N2CCOCC2)o1. The van der Waals surface area contributed by atoms with Crippen molar-refractivity contribution in [3.8, 4) is 0 Å². The number of ether oxygens (including phenoxy) is 1. The molecule has 1 aliphatic heterocycles. The number of aromatic nitrogens is 3. The topological polar surface area (TPSA) is 85.4 Å². The molecule has 2 aromatic rings. The molecular formula is C16H23N5O3. The third kappa shape index (κ3) is 4.42. The molecule has 1 saturated heterocycles. The van der Waals surface area contributed by atoms with Gasteiger partial charge in [0.1, 0.15) is 24.2 Å². The summed E-state index contributed by atoms with van der Waals surface area (Å²) in [5.41, 5.74) is 0. The lowest BCUT2D eigenvalue weighted by Crippen LogP contribution is -2.43. The van der Waals surface area contributed by atoms with Crippen LogP contribution in [0.5, 0.6) is 0 Å². The van der Waals surface area contributed by atoms with Crippen LogP contribution in [0, 0.1) is 6.92 Å². The quantitative estimate of drug-likeness (QED) is 0.805. The van der Waals surface area contributed by atoms with Crippen molar-refractivity contribution < 1.29 is 13.9 Å². The maximum Gasteiger partial charge on any atom is 0.221 e. The molecule has 0 saturated carbocycles. The zero-order chi connectivity index (χ0) is 16.8. The van der Waals surface area contributed by atoms with Crippen molar-refractivity contribution in [3.05, 3.63) is 36.3 Å². The number of hydrogen-bond acceptors (Lipinski definition) is 6. The molecule has 24 heavy (non-hydrogen) atoms. The zero-order valence-electron chi connectivity index (χ0n) is 13.9. The highest BCUT2D eigenvalue weighted by molar-refractivity contribution is 5.75. The summed E-state index contributed by atoms with van der Waals surface area (Å²) in [5.74, 6) is 1.75. The van der Waals surface area contributed by atoms with Crippen LogP contribution in [0.4, 0.5) is 0 Å². The lowest BCUT2D eigenvalue weighted by atomic mass is 10.1. The predicted octanol–water partition coefficient (Wildman–Crippen LogP) is 0.759. The van der Waals surface area contributed by atoms with Gasteiger partial charge in [0.2, 0.25) is 5.91 Å². The summed E-state index contributed by atoms with van der Waals surface area (Å²) in [5, 5.41) is 7.00. The maximum absolute atomic E-state index is 12.1. The molecule has 0 spiro atoms. The van der Waals surface area contributed by atoms with Gasteiger partial charge < -0.3 is 14.5 Å². The van der Waals surface area contributed by atoms with Gasteiger partial charge in [-0.05, 0) is 19.1 Å². The number of rotatable bonds is 7. The molecule has 1 atom stereocenters. The Morgan fingerprint density at radius 1 is 1.38 bits per heavy atom. The molecule has 1 unspecified atom stereocenters. The first-order valence-electron chi connectivity index (χ1n) is 8.19. The van der Waals surface area contributed by atoms with Crippen molar-refractivity contribution in [1.82, 2.24) is 25.0 Å². The van der Waals surface area contributed by atoms with Crippen LogP contribution in [0.25, 0.3) is 0 Å². The first-order valence-corrected chi connectivity index (χ1v) is 8.19. The molecule has 1 fully saturated rings. The Balaban J connectivity index is 1.55. The molecule has 1 N–H and O–H groups in total. The van der Waals surface area contributed by atoms with Gasteiger partial charge in [-0.25, -0.2) is 4.98 Å². The second-order valence-electron chi connectivity index (χ2n) is 5.83. The largest absolute Gasteiger partial charge is 0.465 e. The van der Waals surface area contributed by atoms with Gasteiger partial charge in [-0.3, -0.25) is 14.4 Å². The van der Waals surface area contributed by atoms with Crippen LogP contribution in [0.2, 0.25) is 0 Å². The summed E-state index contributed by atoms with van der Waals surface area (Å²) < 4.78 is 12.9. The molecule has 0 aromatic carbocycles. The van der Waals surface area contributed by atoms with Crippen LogP contribution < -0.4 is 5.32 Å². The summed E-state index contributed by atoms with van der Waals surface area (Å²) in [4.78, 5) is 18.3. The van der Waals surface area contributed by atoms with E-state index in [0.717, 1.165) is 24.6 Å². The maximum atomic E-state index is 12.1. The fourth-order valence-corrected chi connectivity index (χ4v) is 2.79. The number of carbonyl (C=O) groups excluding carboxylic acids is 1. The molecule has 1 amide bonds. The molecule has 2 aromatic heterocycles. The standard InChI is InChI=1S/C16H23N5O3/c1-13-2-3-15(24-13)14(20-6-8-23-9-7-20)10-18-16(22)4-5-21-12-17-11-19-21/h2-3,11-12,14H,4-10H2,1H3,(H,18,22). The van der Waals surface area contributed by atoms with Gasteiger partial charge in [-0.2, -0.15) is 5.10 Å². The Morgan fingerprint density at radius 2 is 2.21 bits per heavy atom. The van der Waals surface area contributed by atoms with Gasteiger partial charge in [-0.15, -0.1) is 0 Å². The van der Waals surface area contributed by atoms with E-state index in [-0.39, 0.29) is 11.9 Å². The van der Waals surface area contributed by atoms with E-state index in [4.69, 9.17) is 9.15 Å². The number of amides is 1. The van der Waals surface area contributed by atoms with E-state index in [1.165, 1.54) is 6.33 Å². The molecule has 8 heteroatoms. The average molecular weight is 333 g/mol. The number of nitrogens with one attached hydrogen (secondary N) is 1. The van der Waals surface area contributed by atoms with Gasteiger partial charge >= 0.3 is 0 Å². The molecule has 0 radical (unpaired) electrons. The third-order valence-electron chi connectivity index (χ3n) is 4.10. The highest BCUT2D eigenvalue weighted by Gasteiger charge is 2.25. The summed E-state index contributed by atoms with van der Waals surface area (Å²) in [6.45, 7) is 6.04. The highest BCUT2D eigenvalue weighted by Crippen LogP contribution is 2.23. The number of aryl methyl sites for hydroxylation is 2. The van der Waals surface area contributed by atoms with E-state index in [1.807, 2.05) is 19.1 Å². The number of nitrogens with zero attached hydrogens (tertiary/aromatic N) is 4. The van der Waals surface area contributed by atoms with E-state index in [0.29, 0.717) is 32.7 Å².